The Bertz CT molecular complexity index is 298. The molecule has 3 heteroatoms. The van der Waals surface area contributed by atoms with Gasteiger partial charge in [-0.25, -0.2) is 0 Å². The summed E-state index contributed by atoms with van der Waals surface area (Å²) in [5, 5.41) is 3.63. The van der Waals surface area contributed by atoms with Gasteiger partial charge in [-0.2, -0.15) is 0 Å². The zero-order chi connectivity index (χ0) is 11.2. The summed E-state index contributed by atoms with van der Waals surface area (Å²) in [4.78, 5) is 14.6. The van der Waals surface area contributed by atoms with Gasteiger partial charge in [0.15, 0.2) is 0 Å². The molecule has 3 aliphatic rings. The Morgan fingerprint density at radius 2 is 2.00 bits per heavy atom. The Balaban J connectivity index is 1.68. The van der Waals surface area contributed by atoms with Crippen LogP contribution in [0.1, 0.15) is 45.4 Å². The Hall–Kier alpha value is -0.570. The quantitative estimate of drug-likeness (QED) is 0.729. The number of likely N-dealkylation sites (tertiary alicyclic amines) is 1. The molecule has 2 heterocycles. The van der Waals surface area contributed by atoms with Crippen LogP contribution >= 0.6 is 0 Å². The van der Waals surface area contributed by atoms with Crippen LogP contribution in [0.2, 0.25) is 0 Å². The number of rotatable bonds is 1. The number of carbonyl (C=O) groups is 1. The highest BCUT2D eigenvalue weighted by Gasteiger charge is 2.43. The van der Waals surface area contributed by atoms with Gasteiger partial charge in [-0.05, 0) is 32.1 Å². The molecule has 1 amide bonds. The van der Waals surface area contributed by atoms with Crippen molar-refractivity contribution in [3.63, 3.8) is 0 Å². The normalized spacial score (nSPS) is 36.7. The van der Waals surface area contributed by atoms with Gasteiger partial charge in [-0.1, -0.05) is 13.3 Å². The Kier molecular flexibility index (Phi) is 2.46. The third-order valence-corrected chi connectivity index (χ3v) is 4.78. The lowest BCUT2D eigenvalue weighted by atomic mass is 9.69. The zero-order valence-electron chi connectivity index (χ0n) is 10.2. The number of carbonyl (C=O) groups excluding carboxylic acids is 1. The van der Waals surface area contributed by atoms with Crippen molar-refractivity contribution in [1.82, 2.24) is 10.2 Å². The van der Waals surface area contributed by atoms with Gasteiger partial charge in [-0.15, -0.1) is 0 Å². The molecule has 90 valence electrons. The van der Waals surface area contributed by atoms with E-state index in [9.17, 15) is 4.79 Å². The van der Waals surface area contributed by atoms with Crippen LogP contribution in [-0.4, -0.2) is 36.0 Å². The highest BCUT2D eigenvalue weighted by molar-refractivity contribution is 5.83. The fraction of sp³-hybridized carbons (Fsp3) is 0.923. The third-order valence-electron chi connectivity index (χ3n) is 4.78. The molecule has 0 radical (unpaired) electrons. The van der Waals surface area contributed by atoms with Gasteiger partial charge in [0, 0.05) is 30.6 Å². The molecule has 3 fully saturated rings. The van der Waals surface area contributed by atoms with Crippen LogP contribution in [0.4, 0.5) is 0 Å². The maximum absolute atomic E-state index is 12.4. The maximum atomic E-state index is 12.4. The molecule has 0 aromatic heterocycles. The van der Waals surface area contributed by atoms with E-state index in [2.05, 4.69) is 17.1 Å². The molecule has 1 saturated carbocycles. The first-order chi connectivity index (χ1) is 7.67. The molecule has 2 unspecified atom stereocenters. The van der Waals surface area contributed by atoms with Gasteiger partial charge in [0.2, 0.25) is 5.91 Å². The van der Waals surface area contributed by atoms with Crippen LogP contribution in [-0.2, 0) is 4.79 Å². The Labute approximate surface area is 97.6 Å². The number of fused-ring (bicyclic) bond motifs is 2. The van der Waals surface area contributed by atoms with Crippen molar-refractivity contribution in [3.8, 4) is 0 Å². The topological polar surface area (TPSA) is 32.3 Å². The highest BCUT2D eigenvalue weighted by atomic mass is 16.2. The molecule has 0 aromatic rings. The van der Waals surface area contributed by atoms with Gasteiger partial charge in [0.25, 0.3) is 0 Å². The van der Waals surface area contributed by atoms with E-state index in [-0.39, 0.29) is 5.41 Å². The third kappa shape index (κ3) is 1.65. The van der Waals surface area contributed by atoms with E-state index >= 15 is 0 Å². The van der Waals surface area contributed by atoms with Gasteiger partial charge >= 0.3 is 0 Å². The molecule has 2 atom stereocenters. The number of hydrogen-bond donors (Lipinski definition) is 1. The summed E-state index contributed by atoms with van der Waals surface area (Å²) in [5.74, 6) is 0.424. The molecule has 2 aliphatic heterocycles. The van der Waals surface area contributed by atoms with E-state index < -0.39 is 0 Å². The van der Waals surface area contributed by atoms with Crippen molar-refractivity contribution in [2.45, 2.75) is 57.5 Å². The number of hydrogen-bond acceptors (Lipinski definition) is 2. The van der Waals surface area contributed by atoms with Crippen molar-refractivity contribution in [1.29, 1.82) is 0 Å². The summed E-state index contributed by atoms with van der Waals surface area (Å²) in [6.45, 7) is 4.07. The summed E-state index contributed by atoms with van der Waals surface area (Å²) in [5.41, 5.74) is -0.0103. The molecule has 1 N–H and O–H groups in total. The minimum atomic E-state index is -0.0103. The minimum Gasteiger partial charge on any atom is -0.341 e. The van der Waals surface area contributed by atoms with Crippen molar-refractivity contribution >= 4 is 5.91 Å². The molecule has 2 saturated heterocycles. The zero-order valence-corrected chi connectivity index (χ0v) is 10.2. The second-order valence-corrected chi connectivity index (χ2v) is 6.09. The second kappa shape index (κ2) is 3.73. The Morgan fingerprint density at radius 3 is 2.69 bits per heavy atom. The second-order valence-electron chi connectivity index (χ2n) is 6.09. The van der Waals surface area contributed by atoms with Crippen molar-refractivity contribution < 1.29 is 4.79 Å². The lowest BCUT2D eigenvalue weighted by molar-refractivity contribution is -0.146. The summed E-state index contributed by atoms with van der Waals surface area (Å²) in [7, 11) is 0. The lowest BCUT2D eigenvalue weighted by Crippen LogP contribution is -2.48. The van der Waals surface area contributed by atoms with Crippen LogP contribution in [0.5, 0.6) is 0 Å². The van der Waals surface area contributed by atoms with E-state index in [1.807, 2.05) is 0 Å². The van der Waals surface area contributed by atoms with Crippen LogP contribution < -0.4 is 5.32 Å². The van der Waals surface area contributed by atoms with Crippen molar-refractivity contribution in [2.24, 2.45) is 5.41 Å². The highest BCUT2D eigenvalue weighted by Crippen LogP contribution is 2.42. The molecule has 0 aromatic carbocycles. The van der Waals surface area contributed by atoms with E-state index in [4.69, 9.17) is 0 Å². The average molecular weight is 222 g/mol. The van der Waals surface area contributed by atoms with Crippen LogP contribution in [0, 0.1) is 5.41 Å². The standard InChI is InChI=1S/C13H22N2O/c1-13(6-2-7-13)12(16)15-8-5-10-3-4-11(9-15)14-10/h10-11,14H,2-9H2,1H3. The van der Waals surface area contributed by atoms with Gasteiger partial charge < -0.3 is 10.2 Å². The lowest BCUT2D eigenvalue weighted by Gasteiger charge is -2.41. The smallest absolute Gasteiger partial charge is 0.228 e. The van der Waals surface area contributed by atoms with E-state index in [0.717, 1.165) is 32.4 Å². The SMILES string of the molecule is CC1(C(=O)N2CCC3CCC(C2)N3)CCC1. The van der Waals surface area contributed by atoms with E-state index in [1.165, 1.54) is 19.3 Å². The van der Waals surface area contributed by atoms with Crippen LogP contribution in [0.3, 0.4) is 0 Å². The minimum absolute atomic E-state index is 0.0103. The van der Waals surface area contributed by atoms with Gasteiger partial charge in [-0.3, -0.25) is 4.79 Å². The first-order valence-electron chi connectivity index (χ1n) is 6.73. The predicted octanol–water partition coefficient (Wildman–Crippen LogP) is 1.53. The summed E-state index contributed by atoms with van der Waals surface area (Å²) < 4.78 is 0. The first kappa shape index (κ1) is 10.6. The number of nitrogens with one attached hydrogen (secondary N) is 1. The fourth-order valence-electron chi connectivity index (χ4n) is 3.43. The number of nitrogens with zero attached hydrogens (tertiary/aromatic N) is 1. The Morgan fingerprint density at radius 1 is 1.25 bits per heavy atom. The van der Waals surface area contributed by atoms with Crippen LogP contribution in [0.25, 0.3) is 0 Å². The summed E-state index contributed by atoms with van der Waals surface area (Å²) >= 11 is 0. The average Bonchev–Trinajstić information content (AvgIpc) is 2.54. The molecule has 3 rings (SSSR count). The summed E-state index contributed by atoms with van der Waals surface area (Å²) in [6.07, 6.45) is 7.15. The largest absolute Gasteiger partial charge is 0.341 e. The summed E-state index contributed by atoms with van der Waals surface area (Å²) in [6, 6.07) is 1.25. The predicted molar refractivity (Wildman–Crippen MR) is 63.1 cm³/mol. The first-order valence-corrected chi connectivity index (χ1v) is 6.73. The van der Waals surface area contributed by atoms with E-state index in [1.54, 1.807) is 0 Å². The molecule has 16 heavy (non-hydrogen) atoms. The molecule has 2 bridgehead atoms. The van der Waals surface area contributed by atoms with E-state index in [0.29, 0.717) is 18.0 Å². The number of amides is 1. The van der Waals surface area contributed by atoms with Gasteiger partial charge in [0.1, 0.15) is 0 Å². The van der Waals surface area contributed by atoms with Crippen molar-refractivity contribution in [2.75, 3.05) is 13.1 Å². The molecular formula is C13H22N2O. The molecule has 0 spiro atoms. The molecule has 1 aliphatic carbocycles. The molecule has 3 nitrogen and oxygen atoms in total. The van der Waals surface area contributed by atoms with Gasteiger partial charge in [0.05, 0.1) is 0 Å². The monoisotopic (exact) mass is 222 g/mol. The maximum Gasteiger partial charge on any atom is 0.228 e. The fourth-order valence-corrected chi connectivity index (χ4v) is 3.43. The molecular weight excluding hydrogens is 200 g/mol. The van der Waals surface area contributed by atoms with Crippen LogP contribution in [0.15, 0.2) is 0 Å². The van der Waals surface area contributed by atoms with Crippen molar-refractivity contribution in [3.05, 3.63) is 0 Å².